The van der Waals surface area contributed by atoms with Crippen LogP contribution in [0.2, 0.25) is 0 Å². The number of urea groups is 1. The molecule has 212 valence electrons. The van der Waals surface area contributed by atoms with Gasteiger partial charge in [0.25, 0.3) is 11.8 Å². The maximum atomic E-state index is 13.2. The van der Waals surface area contributed by atoms with Gasteiger partial charge in [-0.3, -0.25) is 14.5 Å². The van der Waals surface area contributed by atoms with Crippen molar-refractivity contribution in [3.05, 3.63) is 59.8 Å². The lowest BCUT2D eigenvalue weighted by atomic mass is 9.89. The van der Waals surface area contributed by atoms with Gasteiger partial charge in [-0.2, -0.15) is 0 Å². The average molecular weight is 550 g/mol. The molecule has 0 radical (unpaired) electrons. The molecule has 2 aromatic rings. The Labute approximate surface area is 233 Å². The largest absolute Gasteiger partial charge is 0.474 e. The zero-order valence-electron chi connectivity index (χ0n) is 22.4. The maximum absolute atomic E-state index is 13.2. The van der Waals surface area contributed by atoms with E-state index in [0.717, 1.165) is 18.4 Å². The second kappa shape index (κ2) is 12.4. The summed E-state index contributed by atoms with van der Waals surface area (Å²) in [4.78, 5) is 57.4. The first-order valence-corrected chi connectivity index (χ1v) is 13.9. The number of rotatable bonds is 8. The highest BCUT2D eigenvalue weighted by Crippen LogP contribution is 2.31. The summed E-state index contributed by atoms with van der Waals surface area (Å²) in [5.74, 6) is -0.339. The molecule has 0 spiro atoms. The van der Waals surface area contributed by atoms with E-state index in [9.17, 15) is 19.2 Å². The number of benzene rings is 1. The number of hydrogen-bond acceptors (Lipinski definition) is 7. The van der Waals surface area contributed by atoms with Crippen LogP contribution in [0.25, 0.3) is 0 Å². The van der Waals surface area contributed by atoms with Crippen LogP contribution in [0.4, 0.5) is 9.59 Å². The fraction of sp³-hybridized carbons (Fsp3) is 0.483. The Morgan fingerprint density at radius 1 is 0.975 bits per heavy atom. The number of imide groups is 1. The van der Waals surface area contributed by atoms with Gasteiger partial charge in [-0.25, -0.2) is 14.6 Å². The van der Waals surface area contributed by atoms with Gasteiger partial charge in [0, 0.05) is 25.3 Å². The highest BCUT2D eigenvalue weighted by Gasteiger charge is 2.44. The van der Waals surface area contributed by atoms with Crippen molar-refractivity contribution in [2.24, 2.45) is 11.7 Å². The average Bonchev–Trinajstić information content (AvgIpc) is 3.25. The van der Waals surface area contributed by atoms with Crippen molar-refractivity contribution in [3.63, 3.8) is 0 Å². The third-order valence-electron chi connectivity index (χ3n) is 8.02. The van der Waals surface area contributed by atoms with Gasteiger partial charge >= 0.3 is 12.1 Å². The topological polar surface area (TPSA) is 144 Å². The summed E-state index contributed by atoms with van der Waals surface area (Å²) >= 11 is 0. The van der Waals surface area contributed by atoms with Gasteiger partial charge in [-0.15, -0.1) is 0 Å². The molecule has 5 rings (SSSR count). The first kappa shape index (κ1) is 27.4. The minimum Gasteiger partial charge on any atom is -0.474 e. The second-order valence-corrected chi connectivity index (χ2v) is 10.7. The molecule has 3 fully saturated rings. The monoisotopic (exact) mass is 549 g/mol. The Balaban J connectivity index is 1.06. The van der Waals surface area contributed by atoms with Crippen molar-refractivity contribution >= 4 is 23.9 Å². The summed E-state index contributed by atoms with van der Waals surface area (Å²) in [6.07, 6.45) is 5.58. The Kier molecular flexibility index (Phi) is 8.47. The minimum absolute atomic E-state index is 0.176. The van der Waals surface area contributed by atoms with Crippen LogP contribution in [-0.2, 0) is 16.1 Å². The quantitative estimate of drug-likeness (QED) is 0.481. The third-order valence-corrected chi connectivity index (χ3v) is 8.02. The predicted octanol–water partition coefficient (Wildman–Crippen LogP) is 3.23. The number of piperidine rings is 1. The van der Waals surface area contributed by atoms with E-state index in [1.165, 1.54) is 4.90 Å². The molecule has 3 N–H and O–H groups in total. The highest BCUT2D eigenvalue weighted by atomic mass is 16.6. The number of nitrogens with one attached hydrogen (secondary N) is 1. The number of hydrogen-bond donors (Lipinski definition) is 2. The van der Waals surface area contributed by atoms with E-state index in [0.29, 0.717) is 45.2 Å². The molecule has 2 saturated heterocycles. The van der Waals surface area contributed by atoms with Gasteiger partial charge in [0.1, 0.15) is 24.3 Å². The van der Waals surface area contributed by atoms with Crippen molar-refractivity contribution in [2.45, 2.75) is 69.7 Å². The van der Waals surface area contributed by atoms with Crippen molar-refractivity contribution in [2.75, 3.05) is 13.1 Å². The number of amides is 5. The number of nitrogens with zero attached hydrogens (tertiary/aromatic N) is 3. The number of nitrogens with two attached hydrogens (primary N) is 1. The molecular weight excluding hydrogens is 514 g/mol. The molecule has 1 atom stereocenters. The molecule has 1 aromatic carbocycles. The molecule has 2 aliphatic heterocycles. The van der Waals surface area contributed by atoms with E-state index in [1.807, 2.05) is 30.3 Å². The molecule has 3 heterocycles. The lowest BCUT2D eigenvalue weighted by Gasteiger charge is -2.33. The zero-order chi connectivity index (χ0) is 28.1. The van der Waals surface area contributed by atoms with Crippen LogP contribution in [0.5, 0.6) is 5.88 Å². The number of pyridine rings is 1. The Morgan fingerprint density at radius 2 is 1.70 bits per heavy atom. The van der Waals surface area contributed by atoms with Gasteiger partial charge in [0.05, 0.1) is 0 Å². The Bertz CT molecular complexity index is 1220. The summed E-state index contributed by atoms with van der Waals surface area (Å²) in [7, 11) is 0. The van der Waals surface area contributed by atoms with E-state index in [4.69, 9.17) is 15.2 Å². The fourth-order valence-electron chi connectivity index (χ4n) is 5.80. The zero-order valence-corrected chi connectivity index (χ0v) is 22.4. The van der Waals surface area contributed by atoms with Crippen LogP contribution in [0.3, 0.4) is 0 Å². The number of aromatic nitrogens is 1. The lowest BCUT2D eigenvalue weighted by Crippen LogP contribution is -2.44. The van der Waals surface area contributed by atoms with E-state index >= 15 is 0 Å². The van der Waals surface area contributed by atoms with E-state index in [2.05, 4.69) is 10.3 Å². The molecule has 0 bridgehead atoms. The summed E-state index contributed by atoms with van der Waals surface area (Å²) < 4.78 is 11.4. The lowest BCUT2D eigenvalue weighted by molar-refractivity contribution is -0.130. The van der Waals surface area contributed by atoms with Crippen LogP contribution in [0.15, 0.2) is 48.7 Å². The van der Waals surface area contributed by atoms with E-state index in [-0.39, 0.29) is 54.1 Å². The van der Waals surface area contributed by atoms with Gasteiger partial charge < -0.3 is 25.4 Å². The molecule has 1 unspecified atom stereocenters. The van der Waals surface area contributed by atoms with Crippen LogP contribution < -0.4 is 15.8 Å². The fourth-order valence-corrected chi connectivity index (χ4v) is 5.80. The first-order valence-electron chi connectivity index (χ1n) is 13.9. The highest BCUT2D eigenvalue weighted by molar-refractivity contribution is 6.04. The SMILES string of the molecule is NC(=O)c1cccnc1O[C@H]1CC[C@H](N2C(=O)NC(CC3CCN(C(=O)OCc4ccccc4)CC3)C2=O)CC1. The summed E-state index contributed by atoms with van der Waals surface area (Å²) in [6.45, 7) is 1.37. The first-order chi connectivity index (χ1) is 19.4. The predicted molar refractivity (Wildman–Crippen MR) is 144 cm³/mol. The van der Waals surface area contributed by atoms with Gasteiger partial charge in [0.2, 0.25) is 5.88 Å². The molecule has 3 aliphatic rings. The number of likely N-dealkylation sites (tertiary alicyclic amines) is 1. The maximum Gasteiger partial charge on any atom is 0.410 e. The van der Waals surface area contributed by atoms with Crippen molar-refractivity contribution in [1.82, 2.24) is 20.1 Å². The Hall–Kier alpha value is -4.15. The van der Waals surface area contributed by atoms with Gasteiger partial charge in [0.15, 0.2) is 0 Å². The number of carbonyl (C=O) groups is 4. The summed E-state index contributed by atoms with van der Waals surface area (Å²) in [6, 6.07) is 11.7. The van der Waals surface area contributed by atoms with Crippen LogP contribution in [-0.4, -0.2) is 70.0 Å². The minimum atomic E-state index is -0.601. The van der Waals surface area contributed by atoms with Crippen LogP contribution in [0.1, 0.15) is 60.9 Å². The van der Waals surface area contributed by atoms with Crippen LogP contribution >= 0.6 is 0 Å². The normalized spacial score (nSPS) is 23.6. The van der Waals surface area contributed by atoms with E-state index in [1.54, 1.807) is 23.2 Å². The number of carbonyl (C=O) groups excluding carboxylic acids is 4. The molecular formula is C29H35N5O6. The molecule has 40 heavy (non-hydrogen) atoms. The van der Waals surface area contributed by atoms with E-state index < -0.39 is 11.9 Å². The number of primary amides is 1. The Morgan fingerprint density at radius 3 is 2.40 bits per heavy atom. The standard InChI is InChI=1S/C29H35N5O6/c30-25(35)23-7-4-14-31-26(23)40-22-10-8-21(9-11-22)34-27(36)24(32-28(34)37)17-19-12-15-33(16-13-19)29(38)39-18-20-5-2-1-3-6-20/h1-7,14,19,21-22,24H,8-13,15-18H2,(H2,30,35)(H,32,37)/t21-,22-,24?. The molecule has 5 amide bonds. The van der Waals surface area contributed by atoms with Gasteiger partial charge in [-0.1, -0.05) is 30.3 Å². The molecule has 11 nitrogen and oxygen atoms in total. The summed E-state index contributed by atoms with van der Waals surface area (Å²) in [5.41, 5.74) is 6.59. The molecule has 11 heteroatoms. The molecule has 1 saturated carbocycles. The molecule has 1 aromatic heterocycles. The van der Waals surface area contributed by atoms with Crippen molar-refractivity contribution < 1.29 is 28.7 Å². The number of ether oxygens (including phenoxy) is 2. The third kappa shape index (κ3) is 6.35. The van der Waals surface area contributed by atoms with Crippen LogP contribution in [0, 0.1) is 5.92 Å². The molecule has 1 aliphatic carbocycles. The summed E-state index contributed by atoms with van der Waals surface area (Å²) in [5, 5.41) is 2.88. The smallest absolute Gasteiger partial charge is 0.410 e. The second-order valence-electron chi connectivity index (χ2n) is 10.7. The van der Waals surface area contributed by atoms with Gasteiger partial charge in [-0.05, 0) is 68.6 Å². The van der Waals surface area contributed by atoms with Crippen molar-refractivity contribution in [3.8, 4) is 5.88 Å². The van der Waals surface area contributed by atoms with Crippen molar-refractivity contribution in [1.29, 1.82) is 0 Å².